The van der Waals surface area contributed by atoms with E-state index >= 15 is 0 Å². The molecule has 0 aliphatic heterocycles. The van der Waals surface area contributed by atoms with Crippen molar-refractivity contribution in [1.82, 2.24) is 9.78 Å². The van der Waals surface area contributed by atoms with Gasteiger partial charge in [0.2, 0.25) is 0 Å². The number of nitrogens with zero attached hydrogens (tertiary/aromatic N) is 2. The third-order valence-corrected chi connectivity index (χ3v) is 3.32. The van der Waals surface area contributed by atoms with Gasteiger partial charge in [-0.05, 0) is 18.2 Å². The molecular formula is C16H14N2O2. The van der Waals surface area contributed by atoms with Crippen LogP contribution in [0.1, 0.15) is 10.4 Å². The second-order valence-electron chi connectivity index (χ2n) is 4.56. The van der Waals surface area contributed by atoms with Gasteiger partial charge in [0.25, 0.3) is 0 Å². The van der Waals surface area contributed by atoms with Crippen LogP contribution in [0.5, 0.6) is 0 Å². The van der Waals surface area contributed by atoms with Gasteiger partial charge >= 0.3 is 5.97 Å². The lowest BCUT2D eigenvalue weighted by Gasteiger charge is -2.01. The SMILES string of the molecule is COC(=O)c1ccc2c(c1)c(-c1ccccc1)nn2C. The van der Waals surface area contributed by atoms with Crippen molar-refractivity contribution in [2.75, 3.05) is 7.11 Å². The summed E-state index contributed by atoms with van der Waals surface area (Å²) in [6.07, 6.45) is 0. The number of fused-ring (bicyclic) bond motifs is 1. The van der Waals surface area contributed by atoms with Crippen LogP contribution in [-0.4, -0.2) is 22.9 Å². The van der Waals surface area contributed by atoms with Gasteiger partial charge < -0.3 is 4.74 Å². The summed E-state index contributed by atoms with van der Waals surface area (Å²) in [7, 11) is 3.28. The van der Waals surface area contributed by atoms with Crippen molar-refractivity contribution in [2.24, 2.45) is 7.05 Å². The van der Waals surface area contributed by atoms with Gasteiger partial charge in [-0.3, -0.25) is 4.68 Å². The molecule has 0 radical (unpaired) electrons. The van der Waals surface area contributed by atoms with Gasteiger partial charge in [0.1, 0.15) is 5.69 Å². The van der Waals surface area contributed by atoms with Crippen molar-refractivity contribution < 1.29 is 9.53 Å². The molecule has 4 nitrogen and oxygen atoms in total. The first-order valence-electron chi connectivity index (χ1n) is 6.31. The highest BCUT2D eigenvalue weighted by atomic mass is 16.5. The summed E-state index contributed by atoms with van der Waals surface area (Å²) < 4.78 is 6.59. The number of hydrogen-bond acceptors (Lipinski definition) is 3. The number of ether oxygens (including phenoxy) is 1. The highest BCUT2D eigenvalue weighted by Crippen LogP contribution is 2.28. The molecule has 0 aliphatic carbocycles. The van der Waals surface area contributed by atoms with Gasteiger partial charge in [-0.1, -0.05) is 30.3 Å². The molecule has 3 rings (SSSR count). The number of benzene rings is 2. The van der Waals surface area contributed by atoms with E-state index in [4.69, 9.17) is 4.74 Å². The Balaban J connectivity index is 2.25. The number of carbonyl (C=O) groups is 1. The topological polar surface area (TPSA) is 44.1 Å². The number of esters is 1. The van der Waals surface area contributed by atoms with Gasteiger partial charge in [-0.25, -0.2) is 4.79 Å². The standard InChI is InChI=1S/C16H14N2O2/c1-18-14-9-8-12(16(19)20-2)10-13(14)15(17-18)11-6-4-3-5-7-11/h3-10H,1-2H3. The maximum absolute atomic E-state index is 11.7. The van der Waals surface area contributed by atoms with Crippen LogP contribution in [0.25, 0.3) is 22.2 Å². The molecule has 0 aliphatic rings. The van der Waals surface area contributed by atoms with E-state index < -0.39 is 0 Å². The number of methoxy groups -OCH3 is 1. The molecule has 0 saturated carbocycles. The summed E-state index contributed by atoms with van der Waals surface area (Å²) in [5.74, 6) is -0.338. The first-order chi connectivity index (χ1) is 9.70. The van der Waals surface area contributed by atoms with Crippen molar-refractivity contribution >= 4 is 16.9 Å². The van der Waals surface area contributed by atoms with Crippen molar-refractivity contribution in [3.63, 3.8) is 0 Å². The Morgan fingerprint density at radius 3 is 2.60 bits per heavy atom. The fraction of sp³-hybridized carbons (Fsp3) is 0.125. The molecule has 0 amide bonds. The van der Waals surface area contributed by atoms with Crippen LogP contribution in [-0.2, 0) is 11.8 Å². The average Bonchev–Trinajstić information content (AvgIpc) is 2.84. The molecule has 2 aromatic carbocycles. The average molecular weight is 266 g/mol. The van der Waals surface area contributed by atoms with Crippen LogP contribution >= 0.6 is 0 Å². The van der Waals surface area contributed by atoms with E-state index in [2.05, 4.69) is 5.10 Å². The molecule has 1 heterocycles. The highest BCUT2D eigenvalue weighted by Gasteiger charge is 2.13. The smallest absolute Gasteiger partial charge is 0.337 e. The Morgan fingerprint density at radius 2 is 1.90 bits per heavy atom. The predicted molar refractivity (Wildman–Crippen MR) is 77.5 cm³/mol. The minimum absolute atomic E-state index is 0.338. The van der Waals surface area contributed by atoms with E-state index in [1.54, 1.807) is 6.07 Å². The van der Waals surface area contributed by atoms with Gasteiger partial charge in [0.15, 0.2) is 0 Å². The lowest BCUT2D eigenvalue weighted by Crippen LogP contribution is -2.00. The van der Waals surface area contributed by atoms with Gasteiger partial charge in [-0.15, -0.1) is 0 Å². The number of hydrogen-bond donors (Lipinski definition) is 0. The molecule has 0 unspecified atom stereocenters. The quantitative estimate of drug-likeness (QED) is 0.670. The molecule has 0 atom stereocenters. The lowest BCUT2D eigenvalue weighted by molar-refractivity contribution is 0.0601. The van der Waals surface area contributed by atoms with Gasteiger partial charge in [0, 0.05) is 18.0 Å². The van der Waals surface area contributed by atoms with Gasteiger partial charge in [-0.2, -0.15) is 5.10 Å². The fourth-order valence-corrected chi connectivity index (χ4v) is 2.32. The van der Waals surface area contributed by atoms with Gasteiger partial charge in [0.05, 0.1) is 18.2 Å². The van der Waals surface area contributed by atoms with Crippen LogP contribution in [0.4, 0.5) is 0 Å². The van der Waals surface area contributed by atoms with Crippen molar-refractivity contribution in [1.29, 1.82) is 0 Å². The Labute approximate surface area is 116 Å². The predicted octanol–water partition coefficient (Wildman–Crippen LogP) is 3.03. The Morgan fingerprint density at radius 1 is 1.15 bits per heavy atom. The van der Waals surface area contributed by atoms with Crippen LogP contribution in [0.2, 0.25) is 0 Å². The second kappa shape index (κ2) is 4.81. The van der Waals surface area contributed by atoms with Crippen LogP contribution in [0, 0.1) is 0 Å². The Bertz CT molecular complexity index is 776. The molecule has 4 heteroatoms. The zero-order chi connectivity index (χ0) is 14.1. The second-order valence-corrected chi connectivity index (χ2v) is 4.56. The monoisotopic (exact) mass is 266 g/mol. The molecule has 100 valence electrons. The summed E-state index contributed by atoms with van der Waals surface area (Å²) in [5.41, 5.74) is 3.41. The lowest BCUT2D eigenvalue weighted by atomic mass is 10.1. The molecular weight excluding hydrogens is 252 g/mol. The summed E-state index contributed by atoms with van der Waals surface area (Å²) >= 11 is 0. The molecule has 20 heavy (non-hydrogen) atoms. The highest BCUT2D eigenvalue weighted by molar-refractivity contribution is 5.99. The maximum atomic E-state index is 11.7. The first kappa shape index (κ1) is 12.4. The number of carbonyl (C=O) groups excluding carboxylic acids is 1. The van der Waals surface area contributed by atoms with Crippen LogP contribution in [0.3, 0.4) is 0 Å². The van der Waals surface area contributed by atoms with E-state index in [0.29, 0.717) is 5.56 Å². The van der Waals surface area contributed by atoms with E-state index in [1.807, 2.05) is 54.2 Å². The zero-order valence-electron chi connectivity index (χ0n) is 11.3. The van der Waals surface area contributed by atoms with E-state index in [9.17, 15) is 4.79 Å². The van der Waals surface area contributed by atoms with E-state index in [0.717, 1.165) is 22.2 Å². The maximum Gasteiger partial charge on any atom is 0.337 e. The minimum atomic E-state index is -0.338. The Kier molecular flexibility index (Phi) is 2.99. The molecule has 0 N–H and O–H groups in total. The summed E-state index contributed by atoms with van der Waals surface area (Å²) in [4.78, 5) is 11.7. The van der Waals surface area contributed by atoms with Crippen molar-refractivity contribution in [2.45, 2.75) is 0 Å². The van der Waals surface area contributed by atoms with E-state index in [-0.39, 0.29) is 5.97 Å². The summed E-state index contributed by atoms with van der Waals surface area (Å²) in [5, 5.41) is 5.50. The Hall–Kier alpha value is -2.62. The van der Waals surface area contributed by atoms with E-state index in [1.165, 1.54) is 7.11 Å². The number of aryl methyl sites for hydroxylation is 1. The summed E-state index contributed by atoms with van der Waals surface area (Å²) in [6.45, 7) is 0. The first-order valence-corrected chi connectivity index (χ1v) is 6.31. The van der Waals surface area contributed by atoms with Crippen molar-refractivity contribution in [3.05, 3.63) is 54.1 Å². The van der Waals surface area contributed by atoms with Crippen molar-refractivity contribution in [3.8, 4) is 11.3 Å². The molecule has 0 saturated heterocycles. The molecule has 3 aromatic rings. The molecule has 1 aromatic heterocycles. The minimum Gasteiger partial charge on any atom is -0.465 e. The molecule has 0 fully saturated rings. The third-order valence-electron chi connectivity index (χ3n) is 3.32. The van der Waals surface area contributed by atoms with Crippen LogP contribution < -0.4 is 0 Å². The van der Waals surface area contributed by atoms with Crippen LogP contribution in [0.15, 0.2) is 48.5 Å². The zero-order valence-corrected chi connectivity index (χ0v) is 11.3. The number of rotatable bonds is 2. The normalized spacial score (nSPS) is 10.7. The summed E-state index contributed by atoms with van der Waals surface area (Å²) in [6, 6.07) is 15.4. The third kappa shape index (κ3) is 1.95. The molecule has 0 spiro atoms. The fourth-order valence-electron chi connectivity index (χ4n) is 2.32. The largest absolute Gasteiger partial charge is 0.465 e. The number of aromatic nitrogens is 2. The molecule has 0 bridgehead atoms.